The summed E-state index contributed by atoms with van der Waals surface area (Å²) >= 11 is 0. The predicted molar refractivity (Wildman–Crippen MR) is 113 cm³/mol. The number of para-hydroxylation sites is 1. The van der Waals surface area contributed by atoms with Gasteiger partial charge in [-0.2, -0.15) is 0 Å². The summed E-state index contributed by atoms with van der Waals surface area (Å²) in [5.74, 6) is 2.25. The van der Waals surface area contributed by atoms with E-state index in [1.165, 1.54) is 0 Å². The molecule has 0 saturated carbocycles. The fourth-order valence-electron chi connectivity index (χ4n) is 3.23. The molecule has 1 aromatic heterocycles. The van der Waals surface area contributed by atoms with Crippen LogP contribution in [0.25, 0.3) is 22.3 Å². The van der Waals surface area contributed by atoms with Gasteiger partial charge in [0.2, 0.25) is 0 Å². The monoisotopic (exact) mass is 403 g/mol. The Balaban J connectivity index is 1.81. The molecule has 0 fully saturated rings. The molecule has 0 aliphatic rings. The van der Waals surface area contributed by atoms with Gasteiger partial charge >= 0.3 is 0 Å². The number of hydrogen-bond donors (Lipinski definition) is 1. The van der Waals surface area contributed by atoms with Crippen molar-refractivity contribution in [1.29, 1.82) is 0 Å². The maximum absolute atomic E-state index is 9.59. The van der Waals surface area contributed by atoms with Crippen LogP contribution in [0.5, 0.6) is 17.2 Å². The zero-order valence-corrected chi connectivity index (χ0v) is 16.7. The molecule has 6 heteroatoms. The van der Waals surface area contributed by atoms with Crippen LogP contribution in [0.1, 0.15) is 5.56 Å². The SMILES string of the molecule is COc1ccc(-c2cc(=NO)c3cccc(OCc4ccccc4)c3o2)cc1OC. The molecule has 0 aliphatic heterocycles. The molecular formula is C24H21NO5. The normalized spacial score (nSPS) is 11.5. The minimum atomic E-state index is 0.381. The number of benzene rings is 3. The fourth-order valence-corrected chi connectivity index (χ4v) is 3.23. The molecule has 0 radical (unpaired) electrons. The maximum Gasteiger partial charge on any atom is 0.178 e. The Kier molecular flexibility index (Phi) is 5.57. The molecule has 0 aliphatic carbocycles. The number of fused-ring (bicyclic) bond motifs is 1. The van der Waals surface area contributed by atoms with Crippen molar-refractivity contribution in [3.63, 3.8) is 0 Å². The minimum Gasteiger partial charge on any atom is -0.493 e. The predicted octanol–water partition coefficient (Wildman–Crippen LogP) is 4.99. The molecule has 0 unspecified atom stereocenters. The van der Waals surface area contributed by atoms with Gasteiger partial charge in [-0.1, -0.05) is 41.6 Å². The second-order valence-electron chi connectivity index (χ2n) is 6.57. The molecule has 152 valence electrons. The molecule has 0 atom stereocenters. The second-order valence-corrected chi connectivity index (χ2v) is 6.57. The first-order valence-corrected chi connectivity index (χ1v) is 9.37. The van der Waals surface area contributed by atoms with Crippen LogP contribution in [0.2, 0.25) is 0 Å². The largest absolute Gasteiger partial charge is 0.493 e. The number of rotatable bonds is 6. The highest BCUT2D eigenvalue weighted by molar-refractivity contribution is 5.84. The lowest BCUT2D eigenvalue weighted by molar-refractivity contribution is 0.300. The smallest absolute Gasteiger partial charge is 0.178 e. The third-order valence-corrected chi connectivity index (χ3v) is 4.75. The Morgan fingerprint density at radius 2 is 1.63 bits per heavy atom. The van der Waals surface area contributed by atoms with Gasteiger partial charge in [-0.3, -0.25) is 0 Å². The fraction of sp³-hybridized carbons (Fsp3) is 0.125. The van der Waals surface area contributed by atoms with Crippen LogP contribution in [0.4, 0.5) is 0 Å². The molecule has 4 rings (SSSR count). The molecule has 3 aromatic carbocycles. The van der Waals surface area contributed by atoms with E-state index in [4.69, 9.17) is 18.6 Å². The quantitative estimate of drug-likeness (QED) is 0.363. The third kappa shape index (κ3) is 3.80. The maximum atomic E-state index is 9.59. The van der Waals surface area contributed by atoms with E-state index in [0.717, 1.165) is 11.1 Å². The van der Waals surface area contributed by atoms with E-state index in [1.807, 2.05) is 54.6 Å². The van der Waals surface area contributed by atoms with Crippen molar-refractivity contribution < 1.29 is 23.8 Å². The summed E-state index contributed by atoms with van der Waals surface area (Å²) in [5, 5.41) is 14.1. The molecule has 4 aromatic rings. The molecule has 6 nitrogen and oxygen atoms in total. The van der Waals surface area contributed by atoms with Gasteiger partial charge in [-0.15, -0.1) is 0 Å². The highest BCUT2D eigenvalue weighted by Gasteiger charge is 2.13. The van der Waals surface area contributed by atoms with Gasteiger partial charge in [0.05, 0.1) is 19.6 Å². The van der Waals surface area contributed by atoms with Gasteiger partial charge in [0.15, 0.2) is 22.8 Å². The van der Waals surface area contributed by atoms with Crippen LogP contribution < -0.4 is 19.6 Å². The van der Waals surface area contributed by atoms with Gasteiger partial charge in [0.25, 0.3) is 0 Å². The Morgan fingerprint density at radius 1 is 0.833 bits per heavy atom. The van der Waals surface area contributed by atoms with Crippen molar-refractivity contribution in [3.8, 4) is 28.6 Å². The van der Waals surface area contributed by atoms with Crippen LogP contribution in [-0.4, -0.2) is 19.4 Å². The van der Waals surface area contributed by atoms with Crippen LogP contribution >= 0.6 is 0 Å². The van der Waals surface area contributed by atoms with Gasteiger partial charge in [0.1, 0.15) is 17.7 Å². The van der Waals surface area contributed by atoms with E-state index in [2.05, 4.69) is 5.16 Å². The second kappa shape index (κ2) is 8.61. The number of methoxy groups -OCH3 is 2. The van der Waals surface area contributed by atoms with E-state index in [9.17, 15) is 5.21 Å². The Hall–Kier alpha value is -3.93. The molecule has 30 heavy (non-hydrogen) atoms. The summed E-state index contributed by atoms with van der Waals surface area (Å²) in [4.78, 5) is 0. The molecular weight excluding hydrogens is 382 g/mol. The van der Waals surface area contributed by atoms with Gasteiger partial charge in [-0.25, -0.2) is 0 Å². The standard InChI is InChI=1S/C24H21NO5/c1-27-20-12-11-17(13-23(20)28-2)22-14-19(25-26)18-9-6-10-21(24(18)30-22)29-15-16-7-4-3-5-8-16/h3-14,26H,15H2,1-2H3. The van der Waals surface area contributed by atoms with Crippen molar-refractivity contribution >= 4 is 11.0 Å². The minimum absolute atomic E-state index is 0.381. The zero-order valence-electron chi connectivity index (χ0n) is 16.7. The zero-order chi connectivity index (χ0) is 20.9. The molecule has 1 heterocycles. The van der Waals surface area contributed by atoms with Crippen molar-refractivity contribution in [2.45, 2.75) is 6.61 Å². The Morgan fingerprint density at radius 3 is 2.37 bits per heavy atom. The molecule has 0 saturated heterocycles. The summed E-state index contributed by atoms with van der Waals surface area (Å²) in [6.07, 6.45) is 0. The van der Waals surface area contributed by atoms with E-state index in [-0.39, 0.29) is 0 Å². The summed E-state index contributed by atoms with van der Waals surface area (Å²) in [6, 6.07) is 22.5. The highest BCUT2D eigenvalue weighted by atomic mass is 16.5. The number of hydrogen-bond acceptors (Lipinski definition) is 6. The first-order chi connectivity index (χ1) is 14.7. The van der Waals surface area contributed by atoms with Crippen molar-refractivity contribution in [1.82, 2.24) is 0 Å². The first-order valence-electron chi connectivity index (χ1n) is 9.37. The van der Waals surface area contributed by atoms with Gasteiger partial charge in [-0.05, 0) is 35.9 Å². The van der Waals surface area contributed by atoms with Gasteiger partial charge < -0.3 is 23.8 Å². The summed E-state index contributed by atoms with van der Waals surface area (Å²) in [5.41, 5.74) is 2.28. The first kappa shape index (κ1) is 19.4. The average molecular weight is 403 g/mol. The molecule has 0 bridgehead atoms. The van der Waals surface area contributed by atoms with Crippen LogP contribution in [-0.2, 0) is 6.61 Å². The number of ether oxygens (including phenoxy) is 3. The van der Waals surface area contributed by atoms with Crippen molar-refractivity contribution in [3.05, 3.63) is 83.7 Å². The lowest BCUT2D eigenvalue weighted by atomic mass is 10.1. The number of nitrogens with zero attached hydrogens (tertiary/aromatic N) is 1. The average Bonchev–Trinajstić information content (AvgIpc) is 2.82. The topological polar surface area (TPSA) is 73.4 Å². The lowest BCUT2D eigenvalue weighted by Gasteiger charge is -2.12. The van der Waals surface area contributed by atoms with Crippen LogP contribution in [0.15, 0.2) is 82.4 Å². The summed E-state index contributed by atoms with van der Waals surface area (Å²) in [7, 11) is 3.15. The van der Waals surface area contributed by atoms with E-state index < -0.39 is 0 Å². The van der Waals surface area contributed by atoms with E-state index >= 15 is 0 Å². The summed E-state index contributed by atoms with van der Waals surface area (Å²) in [6.45, 7) is 0.391. The molecule has 0 amide bonds. The summed E-state index contributed by atoms with van der Waals surface area (Å²) < 4.78 is 22.9. The molecule has 1 N–H and O–H groups in total. The van der Waals surface area contributed by atoms with Crippen LogP contribution in [0, 0.1) is 0 Å². The van der Waals surface area contributed by atoms with E-state index in [1.54, 1.807) is 32.4 Å². The van der Waals surface area contributed by atoms with E-state index in [0.29, 0.717) is 45.9 Å². The highest BCUT2D eigenvalue weighted by Crippen LogP contribution is 2.34. The Bertz CT molecular complexity index is 1230. The van der Waals surface area contributed by atoms with Gasteiger partial charge in [0, 0.05) is 11.6 Å². The Labute approximate surface area is 173 Å². The third-order valence-electron chi connectivity index (χ3n) is 4.75. The lowest BCUT2D eigenvalue weighted by Crippen LogP contribution is -2.05. The molecule has 0 spiro atoms. The van der Waals surface area contributed by atoms with Crippen LogP contribution in [0.3, 0.4) is 0 Å². The van der Waals surface area contributed by atoms with Crippen molar-refractivity contribution in [2.24, 2.45) is 5.16 Å². The van der Waals surface area contributed by atoms with Crippen molar-refractivity contribution in [2.75, 3.05) is 14.2 Å².